The summed E-state index contributed by atoms with van der Waals surface area (Å²) in [6, 6.07) is -0.387. The maximum atomic E-state index is 11.3. The lowest BCUT2D eigenvalue weighted by Gasteiger charge is -2.21. The number of carbonyl (C=O) groups is 1. The third-order valence-electron chi connectivity index (χ3n) is 2.54. The molecule has 1 aliphatic carbocycles. The molecule has 1 atom stereocenters. The van der Waals surface area contributed by atoms with Crippen LogP contribution in [0.15, 0.2) is 0 Å². The highest BCUT2D eigenvalue weighted by molar-refractivity contribution is 5.81. The highest BCUT2D eigenvalue weighted by Gasteiger charge is 2.28. The van der Waals surface area contributed by atoms with E-state index >= 15 is 0 Å². The van der Waals surface area contributed by atoms with Gasteiger partial charge in [0.15, 0.2) is 0 Å². The Morgan fingerprint density at radius 2 is 2.00 bits per heavy atom. The van der Waals surface area contributed by atoms with Gasteiger partial charge in [-0.15, -0.1) is 0 Å². The van der Waals surface area contributed by atoms with Crippen molar-refractivity contribution in [3.05, 3.63) is 0 Å². The molecular formula is C8H17N3O. The molecule has 1 saturated carbocycles. The number of hydrogen-bond donors (Lipinski definition) is 2. The van der Waals surface area contributed by atoms with Gasteiger partial charge in [0, 0.05) is 7.05 Å². The zero-order valence-electron chi connectivity index (χ0n) is 7.49. The molecule has 4 nitrogen and oxygen atoms in total. The van der Waals surface area contributed by atoms with E-state index in [-0.39, 0.29) is 11.9 Å². The molecule has 4 N–H and O–H groups in total. The third kappa shape index (κ3) is 1.95. The molecule has 0 aromatic rings. The Bertz CT molecular complexity index is 164. The van der Waals surface area contributed by atoms with E-state index in [0.29, 0.717) is 5.92 Å². The summed E-state index contributed by atoms with van der Waals surface area (Å²) in [6.45, 7) is 0. The summed E-state index contributed by atoms with van der Waals surface area (Å²) < 4.78 is 0. The molecular weight excluding hydrogens is 154 g/mol. The maximum Gasteiger partial charge on any atom is 0.253 e. The van der Waals surface area contributed by atoms with E-state index in [1.54, 1.807) is 0 Å². The third-order valence-corrected chi connectivity index (χ3v) is 2.54. The zero-order valence-corrected chi connectivity index (χ0v) is 7.49. The van der Waals surface area contributed by atoms with Crippen LogP contribution in [-0.4, -0.2) is 24.0 Å². The van der Waals surface area contributed by atoms with Gasteiger partial charge in [-0.1, -0.05) is 12.8 Å². The van der Waals surface area contributed by atoms with Crippen molar-refractivity contribution in [1.29, 1.82) is 0 Å². The molecule has 0 bridgehead atoms. The average Bonchev–Trinajstić information content (AvgIpc) is 2.53. The molecule has 0 aromatic heterocycles. The molecule has 1 aliphatic rings. The Labute approximate surface area is 72.9 Å². The number of nitrogens with two attached hydrogens (primary N) is 2. The van der Waals surface area contributed by atoms with Crippen LogP contribution in [0, 0.1) is 5.92 Å². The fourth-order valence-corrected chi connectivity index (χ4v) is 1.75. The largest absolute Gasteiger partial charge is 0.320 e. The van der Waals surface area contributed by atoms with Crippen molar-refractivity contribution in [1.82, 2.24) is 5.01 Å². The van der Waals surface area contributed by atoms with Crippen molar-refractivity contribution in [3.63, 3.8) is 0 Å². The summed E-state index contributed by atoms with van der Waals surface area (Å²) >= 11 is 0. The van der Waals surface area contributed by atoms with Crippen molar-refractivity contribution >= 4 is 5.91 Å². The highest BCUT2D eigenvalue weighted by Crippen LogP contribution is 2.27. The lowest BCUT2D eigenvalue weighted by Crippen LogP contribution is -2.48. The van der Waals surface area contributed by atoms with Crippen molar-refractivity contribution in [3.8, 4) is 0 Å². The minimum atomic E-state index is -0.387. The van der Waals surface area contributed by atoms with Crippen molar-refractivity contribution < 1.29 is 4.79 Å². The summed E-state index contributed by atoms with van der Waals surface area (Å²) in [4.78, 5) is 11.3. The van der Waals surface area contributed by atoms with Crippen LogP contribution in [0.5, 0.6) is 0 Å². The predicted molar refractivity (Wildman–Crippen MR) is 46.9 cm³/mol. The summed E-state index contributed by atoms with van der Waals surface area (Å²) in [5.74, 6) is 5.51. The summed E-state index contributed by atoms with van der Waals surface area (Å²) in [7, 11) is 1.54. The van der Waals surface area contributed by atoms with E-state index in [1.165, 1.54) is 19.9 Å². The van der Waals surface area contributed by atoms with Gasteiger partial charge in [-0.2, -0.15) is 0 Å². The van der Waals surface area contributed by atoms with Crippen LogP contribution in [0.2, 0.25) is 0 Å². The molecule has 0 saturated heterocycles. The summed E-state index contributed by atoms with van der Waals surface area (Å²) in [5.41, 5.74) is 5.75. The van der Waals surface area contributed by atoms with Gasteiger partial charge in [0.1, 0.15) is 0 Å². The monoisotopic (exact) mass is 171 g/mol. The van der Waals surface area contributed by atoms with E-state index < -0.39 is 0 Å². The van der Waals surface area contributed by atoms with Crippen molar-refractivity contribution in [2.45, 2.75) is 31.7 Å². The second kappa shape index (κ2) is 3.87. The molecule has 0 heterocycles. The molecule has 0 aromatic carbocycles. The number of amides is 1. The first-order valence-electron chi connectivity index (χ1n) is 4.40. The van der Waals surface area contributed by atoms with Gasteiger partial charge in [0.25, 0.3) is 5.91 Å². The number of carbonyl (C=O) groups excluding carboxylic acids is 1. The van der Waals surface area contributed by atoms with Gasteiger partial charge < -0.3 is 5.73 Å². The molecule has 1 amide bonds. The quantitative estimate of drug-likeness (QED) is 0.344. The van der Waals surface area contributed by atoms with Gasteiger partial charge >= 0.3 is 0 Å². The smallest absolute Gasteiger partial charge is 0.253 e. The van der Waals surface area contributed by atoms with Crippen LogP contribution >= 0.6 is 0 Å². The summed E-state index contributed by atoms with van der Waals surface area (Å²) in [5, 5.41) is 1.09. The van der Waals surface area contributed by atoms with Crippen molar-refractivity contribution in [2.24, 2.45) is 17.5 Å². The average molecular weight is 171 g/mol. The Balaban J connectivity index is 2.45. The van der Waals surface area contributed by atoms with Gasteiger partial charge in [0.05, 0.1) is 6.04 Å². The minimum absolute atomic E-state index is 0.151. The van der Waals surface area contributed by atoms with Crippen LogP contribution < -0.4 is 11.6 Å². The second-order valence-corrected chi connectivity index (χ2v) is 3.52. The van der Waals surface area contributed by atoms with Gasteiger partial charge in [-0.05, 0) is 18.8 Å². The van der Waals surface area contributed by atoms with E-state index in [1.807, 2.05) is 0 Å². The molecule has 4 heteroatoms. The minimum Gasteiger partial charge on any atom is -0.320 e. The van der Waals surface area contributed by atoms with Gasteiger partial charge in [-0.3, -0.25) is 9.80 Å². The topological polar surface area (TPSA) is 72.3 Å². The van der Waals surface area contributed by atoms with E-state index in [4.69, 9.17) is 11.6 Å². The van der Waals surface area contributed by atoms with Crippen LogP contribution in [0.3, 0.4) is 0 Å². The Hall–Kier alpha value is -0.610. The highest BCUT2D eigenvalue weighted by atomic mass is 16.2. The number of hydrazine groups is 1. The molecule has 1 rings (SSSR count). The van der Waals surface area contributed by atoms with Gasteiger partial charge in [-0.25, -0.2) is 5.84 Å². The molecule has 12 heavy (non-hydrogen) atoms. The summed E-state index contributed by atoms with van der Waals surface area (Å²) in [6.07, 6.45) is 4.53. The number of hydrogen-bond acceptors (Lipinski definition) is 3. The van der Waals surface area contributed by atoms with Gasteiger partial charge in [0.2, 0.25) is 0 Å². The molecule has 0 aliphatic heterocycles. The predicted octanol–water partition coefficient (Wildman–Crippen LogP) is -0.164. The molecule has 0 spiro atoms. The number of rotatable bonds is 2. The van der Waals surface area contributed by atoms with Crippen LogP contribution in [0.25, 0.3) is 0 Å². The van der Waals surface area contributed by atoms with Crippen LogP contribution in [0.1, 0.15) is 25.7 Å². The number of nitrogens with zero attached hydrogens (tertiary/aromatic N) is 1. The fourth-order valence-electron chi connectivity index (χ4n) is 1.75. The zero-order chi connectivity index (χ0) is 9.14. The molecule has 70 valence electrons. The van der Waals surface area contributed by atoms with E-state index in [9.17, 15) is 4.79 Å². The lowest BCUT2D eigenvalue weighted by atomic mass is 9.98. The SMILES string of the molecule is CN(N)C(=O)C(N)C1CCCC1. The van der Waals surface area contributed by atoms with Crippen LogP contribution in [0.4, 0.5) is 0 Å². The lowest BCUT2D eigenvalue weighted by molar-refractivity contribution is -0.132. The first-order chi connectivity index (χ1) is 5.63. The first-order valence-corrected chi connectivity index (χ1v) is 4.40. The maximum absolute atomic E-state index is 11.3. The molecule has 1 fully saturated rings. The van der Waals surface area contributed by atoms with Crippen LogP contribution in [-0.2, 0) is 4.79 Å². The Morgan fingerprint density at radius 3 is 2.42 bits per heavy atom. The second-order valence-electron chi connectivity index (χ2n) is 3.52. The normalized spacial score (nSPS) is 20.9. The Kier molecular flexibility index (Phi) is 3.05. The molecule has 0 radical (unpaired) electrons. The standard InChI is InChI=1S/C8H17N3O/c1-11(10)8(12)7(9)6-4-2-3-5-6/h6-7H,2-5,9-10H2,1H3. The Morgan fingerprint density at radius 1 is 1.50 bits per heavy atom. The fraction of sp³-hybridized carbons (Fsp3) is 0.875. The number of likely N-dealkylation sites (N-methyl/N-ethyl adjacent to an activating group) is 1. The van der Waals surface area contributed by atoms with E-state index in [2.05, 4.69) is 0 Å². The van der Waals surface area contributed by atoms with Crippen molar-refractivity contribution in [2.75, 3.05) is 7.05 Å². The molecule has 1 unspecified atom stereocenters. The first kappa shape index (κ1) is 9.48. The van der Waals surface area contributed by atoms with E-state index in [0.717, 1.165) is 17.9 Å².